The molecule has 41 heavy (non-hydrogen) atoms. The first kappa shape index (κ1) is 26.2. The summed E-state index contributed by atoms with van der Waals surface area (Å²) in [6.07, 6.45) is 3.55. The Labute approximate surface area is 233 Å². The highest BCUT2D eigenvalue weighted by atomic mass is 19.3. The summed E-state index contributed by atoms with van der Waals surface area (Å²) in [6, 6.07) is 12.1. The van der Waals surface area contributed by atoms with Gasteiger partial charge in [-0.3, -0.25) is 14.2 Å². The maximum Gasteiger partial charge on any atom is 0.387 e. The van der Waals surface area contributed by atoms with E-state index in [1.165, 1.54) is 10.7 Å². The fourth-order valence-corrected chi connectivity index (χ4v) is 5.49. The number of hydrogen-bond donors (Lipinski definition) is 1. The quantitative estimate of drug-likeness (QED) is 0.369. The van der Waals surface area contributed by atoms with E-state index in [1.54, 1.807) is 42.3 Å². The lowest BCUT2D eigenvalue weighted by molar-refractivity contribution is -0.0505. The van der Waals surface area contributed by atoms with Gasteiger partial charge in [0.05, 0.1) is 36.0 Å². The SMILES string of the molecule is Cn1c(=O)c2ccc(-c3cnc(N4CCN5C(=O)NCC5C4)nc3)cc2n1Cc1cc(CC#N)ccc1OC(F)F. The van der Waals surface area contributed by atoms with Crippen molar-refractivity contribution in [2.24, 2.45) is 7.05 Å². The van der Waals surface area contributed by atoms with Gasteiger partial charge in [-0.15, -0.1) is 0 Å². The van der Waals surface area contributed by atoms with Gasteiger partial charge in [0.2, 0.25) is 5.95 Å². The Morgan fingerprint density at radius 2 is 1.93 bits per heavy atom. The number of anilines is 1. The van der Waals surface area contributed by atoms with Crippen LogP contribution >= 0.6 is 0 Å². The number of amides is 2. The van der Waals surface area contributed by atoms with Crippen molar-refractivity contribution in [1.82, 2.24) is 29.5 Å². The molecule has 4 aromatic rings. The second-order valence-corrected chi connectivity index (χ2v) is 10.0. The Hall–Kier alpha value is -4.99. The maximum absolute atomic E-state index is 13.1. The smallest absolute Gasteiger partial charge is 0.387 e. The first-order valence-corrected chi connectivity index (χ1v) is 13.1. The van der Waals surface area contributed by atoms with E-state index in [0.29, 0.717) is 54.2 Å². The van der Waals surface area contributed by atoms with Crippen molar-refractivity contribution in [2.45, 2.75) is 25.6 Å². The summed E-state index contributed by atoms with van der Waals surface area (Å²) in [5.74, 6) is 0.559. The lowest BCUT2D eigenvalue weighted by atomic mass is 10.1. The number of benzene rings is 2. The van der Waals surface area contributed by atoms with Gasteiger partial charge < -0.3 is 19.9 Å². The van der Waals surface area contributed by atoms with Gasteiger partial charge >= 0.3 is 12.6 Å². The molecule has 0 saturated carbocycles. The lowest BCUT2D eigenvalue weighted by Crippen LogP contribution is -2.52. The van der Waals surface area contributed by atoms with Crippen LogP contribution in [-0.2, 0) is 20.0 Å². The molecule has 11 nitrogen and oxygen atoms in total. The lowest BCUT2D eigenvalue weighted by Gasteiger charge is -2.36. The van der Waals surface area contributed by atoms with Crippen LogP contribution in [0, 0.1) is 11.3 Å². The number of halogens is 2. The van der Waals surface area contributed by atoms with Crippen LogP contribution in [0.2, 0.25) is 0 Å². The average molecular weight is 561 g/mol. The molecule has 1 atom stereocenters. The van der Waals surface area contributed by atoms with Gasteiger partial charge in [-0.05, 0) is 35.4 Å². The third-order valence-corrected chi connectivity index (χ3v) is 7.59. The summed E-state index contributed by atoms with van der Waals surface area (Å²) in [5.41, 5.74) is 2.96. The molecule has 2 aromatic carbocycles. The minimum Gasteiger partial charge on any atom is -0.434 e. The number of urea groups is 1. The predicted molar refractivity (Wildman–Crippen MR) is 146 cm³/mol. The third kappa shape index (κ3) is 4.93. The third-order valence-electron chi connectivity index (χ3n) is 7.59. The molecule has 1 N–H and O–H groups in total. The van der Waals surface area contributed by atoms with Crippen LogP contribution < -0.4 is 20.5 Å². The fraction of sp³-hybridized carbons (Fsp3) is 0.321. The van der Waals surface area contributed by atoms with E-state index in [0.717, 1.165) is 11.1 Å². The molecule has 0 radical (unpaired) electrons. The van der Waals surface area contributed by atoms with Crippen LogP contribution in [0.3, 0.4) is 0 Å². The van der Waals surface area contributed by atoms with Gasteiger partial charge in [0.1, 0.15) is 5.75 Å². The molecule has 4 heterocycles. The highest BCUT2D eigenvalue weighted by molar-refractivity contribution is 5.84. The number of piperazine rings is 1. The number of carbonyl (C=O) groups is 1. The van der Waals surface area contributed by atoms with Gasteiger partial charge in [0, 0.05) is 56.7 Å². The Balaban J connectivity index is 1.31. The number of nitrogens with one attached hydrogen (secondary N) is 1. The first-order valence-electron chi connectivity index (χ1n) is 13.1. The number of nitriles is 1. The van der Waals surface area contributed by atoms with E-state index in [1.807, 2.05) is 17.0 Å². The van der Waals surface area contributed by atoms with E-state index in [9.17, 15) is 18.4 Å². The van der Waals surface area contributed by atoms with Crippen molar-refractivity contribution < 1.29 is 18.3 Å². The molecule has 13 heteroatoms. The van der Waals surface area contributed by atoms with E-state index >= 15 is 0 Å². The van der Waals surface area contributed by atoms with Crippen molar-refractivity contribution >= 4 is 22.9 Å². The zero-order chi connectivity index (χ0) is 28.7. The van der Waals surface area contributed by atoms with Crippen LogP contribution in [0.15, 0.2) is 53.6 Å². The molecule has 0 aliphatic carbocycles. The molecule has 0 spiro atoms. The van der Waals surface area contributed by atoms with Crippen LogP contribution in [0.1, 0.15) is 11.1 Å². The summed E-state index contributed by atoms with van der Waals surface area (Å²) in [5, 5.41) is 12.4. The van der Waals surface area contributed by atoms with Gasteiger partial charge in [-0.2, -0.15) is 14.0 Å². The molecule has 0 bridgehead atoms. The molecular formula is C28H26F2N8O3. The van der Waals surface area contributed by atoms with Gasteiger partial charge in [0.25, 0.3) is 5.56 Å². The minimum atomic E-state index is -3.02. The number of alkyl halides is 2. The Morgan fingerprint density at radius 3 is 2.68 bits per heavy atom. The first-order chi connectivity index (χ1) is 19.8. The number of nitrogens with zero attached hydrogens (tertiary/aromatic N) is 7. The molecular weight excluding hydrogens is 534 g/mol. The molecule has 2 fully saturated rings. The standard InChI is InChI=1S/C28H26F2N8O3/c1-35-25(39)22-4-3-18(20-12-32-27(33-13-20)36-8-9-37-21(16-36)14-34-28(37)40)11-23(22)38(35)15-19-10-17(6-7-31)2-5-24(19)41-26(29)30/h2-5,10-13,21,26H,6,8-9,14-16H2,1H3,(H,34,40). The van der Waals surface area contributed by atoms with Gasteiger partial charge in [-0.25, -0.2) is 14.8 Å². The molecule has 2 amide bonds. The molecule has 2 aliphatic rings. The van der Waals surface area contributed by atoms with Crippen molar-refractivity contribution in [3.63, 3.8) is 0 Å². The zero-order valence-electron chi connectivity index (χ0n) is 22.1. The summed E-state index contributed by atoms with van der Waals surface area (Å²) in [4.78, 5) is 38.0. The van der Waals surface area contributed by atoms with Crippen LogP contribution in [-0.4, -0.2) is 69.1 Å². The molecule has 6 rings (SSSR count). The topological polar surface area (TPSA) is 121 Å². The van der Waals surface area contributed by atoms with Gasteiger partial charge in [-0.1, -0.05) is 12.1 Å². The van der Waals surface area contributed by atoms with Crippen LogP contribution in [0.25, 0.3) is 22.0 Å². The number of ether oxygens (including phenoxy) is 1. The van der Waals surface area contributed by atoms with Crippen LogP contribution in [0.5, 0.6) is 5.75 Å². The monoisotopic (exact) mass is 560 g/mol. The fourth-order valence-electron chi connectivity index (χ4n) is 5.49. The normalized spacial score (nSPS) is 16.7. The maximum atomic E-state index is 13.1. The molecule has 2 saturated heterocycles. The summed E-state index contributed by atoms with van der Waals surface area (Å²) >= 11 is 0. The highest BCUT2D eigenvalue weighted by Gasteiger charge is 2.36. The zero-order valence-corrected chi connectivity index (χ0v) is 22.1. The van der Waals surface area contributed by atoms with Crippen molar-refractivity contribution in [2.75, 3.05) is 31.1 Å². The molecule has 2 aliphatic heterocycles. The van der Waals surface area contributed by atoms with E-state index in [2.05, 4.69) is 26.3 Å². The summed E-state index contributed by atoms with van der Waals surface area (Å²) < 4.78 is 34.1. The second kappa shape index (κ2) is 10.5. The molecule has 210 valence electrons. The van der Waals surface area contributed by atoms with Crippen LogP contribution in [0.4, 0.5) is 19.5 Å². The minimum absolute atomic E-state index is 0.0188. The number of rotatable bonds is 7. The number of fused-ring (bicyclic) bond motifs is 2. The largest absolute Gasteiger partial charge is 0.434 e. The predicted octanol–water partition coefficient (Wildman–Crippen LogP) is 2.73. The van der Waals surface area contributed by atoms with Gasteiger partial charge in [0.15, 0.2) is 0 Å². The molecule has 1 unspecified atom stereocenters. The van der Waals surface area contributed by atoms with E-state index < -0.39 is 6.61 Å². The van der Waals surface area contributed by atoms with E-state index in [-0.39, 0.29) is 36.3 Å². The summed E-state index contributed by atoms with van der Waals surface area (Å²) in [6.45, 7) is -0.458. The highest BCUT2D eigenvalue weighted by Crippen LogP contribution is 2.28. The molecule has 2 aromatic heterocycles. The second-order valence-electron chi connectivity index (χ2n) is 10.0. The Kier molecular flexibility index (Phi) is 6.74. The number of aromatic nitrogens is 4. The van der Waals surface area contributed by atoms with E-state index in [4.69, 9.17) is 10.00 Å². The average Bonchev–Trinajstić information content (AvgIpc) is 3.46. The number of hydrogen-bond acceptors (Lipinski definition) is 7. The van der Waals surface area contributed by atoms with Crippen molar-refractivity contribution in [3.8, 4) is 22.9 Å². The number of carbonyl (C=O) groups excluding carboxylic acids is 1. The Bertz CT molecular complexity index is 1730. The summed E-state index contributed by atoms with van der Waals surface area (Å²) in [7, 11) is 1.61. The Morgan fingerprint density at radius 1 is 1.12 bits per heavy atom. The van der Waals surface area contributed by atoms with Crippen molar-refractivity contribution in [3.05, 3.63) is 70.3 Å². The van der Waals surface area contributed by atoms with Crippen molar-refractivity contribution in [1.29, 1.82) is 5.26 Å².